The highest BCUT2D eigenvalue weighted by molar-refractivity contribution is 6.31. The summed E-state index contributed by atoms with van der Waals surface area (Å²) in [6.07, 6.45) is 3.93. The zero-order valence-corrected chi connectivity index (χ0v) is 13.0. The molecular formula is C16H25ClN2O. The van der Waals surface area contributed by atoms with Crippen molar-refractivity contribution in [2.75, 3.05) is 24.5 Å². The van der Waals surface area contributed by atoms with Gasteiger partial charge in [0, 0.05) is 35.9 Å². The van der Waals surface area contributed by atoms with Crippen LogP contribution in [0.1, 0.15) is 38.2 Å². The van der Waals surface area contributed by atoms with Crippen molar-refractivity contribution in [1.29, 1.82) is 0 Å². The topological polar surface area (TPSA) is 35.5 Å². The molecule has 112 valence electrons. The lowest BCUT2D eigenvalue weighted by Gasteiger charge is -2.22. The number of aliphatic hydroxyl groups excluding tert-OH is 1. The number of anilines is 1. The minimum Gasteiger partial charge on any atom is -0.393 e. The van der Waals surface area contributed by atoms with E-state index in [9.17, 15) is 5.11 Å². The van der Waals surface area contributed by atoms with E-state index >= 15 is 0 Å². The summed E-state index contributed by atoms with van der Waals surface area (Å²) in [5.41, 5.74) is 2.44. The number of hydrogen-bond donors (Lipinski definition) is 2. The van der Waals surface area contributed by atoms with Crippen LogP contribution in [0, 0.1) is 0 Å². The Morgan fingerprint density at radius 1 is 1.35 bits per heavy atom. The SMILES string of the molecule is CCC(O)CCNCc1c(Cl)cccc1N1CCCC1. The van der Waals surface area contributed by atoms with Crippen LogP contribution in [0.15, 0.2) is 18.2 Å². The van der Waals surface area contributed by atoms with Crippen molar-refractivity contribution in [3.05, 3.63) is 28.8 Å². The molecule has 0 aliphatic carbocycles. The van der Waals surface area contributed by atoms with Crippen LogP contribution in [0.5, 0.6) is 0 Å². The van der Waals surface area contributed by atoms with Gasteiger partial charge in [0.05, 0.1) is 6.10 Å². The number of hydrogen-bond acceptors (Lipinski definition) is 3. The average molecular weight is 297 g/mol. The largest absolute Gasteiger partial charge is 0.393 e. The first kappa shape index (κ1) is 15.6. The first-order chi connectivity index (χ1) is 9.72. The van der Waals surface area contributed by atoms with Crippen LogP contribution < -0.4 is 10.2 Å². The molecule has 2 N–H and O–H groups in total. The lowest BCUT2D eigenvalue weighted by atomic mass is 10.1. The van der Waals surface area contributed by atoms with Gasteiger partial charge in [-0.3, -0.25) is 0 Å². The average Bonchev–Trinajstić information content (AvgIpc) is 2.98. The molecule has 1 unspecified atom stereocenters. The van der Waals surface area contributed by atoms with E-state index in [0.29, 0.717) is 0 Å². The Kier molecular flexibility index (Phi) is 6.14. The van der Waals surface area contributed by atoms with Gasteiger partial charge in [0.25, 0.3) is 0 Å². The molecule has 0 radical (unpaired) electrons. The molecule has 0 amide bonds. The Labute approximate surface area is 126 Å². The Hall–Kier alpha value is -0.770. The van der Waals surface area contributed by atoms with Crippen LogP contribution in [0.2, 0.25) is 5.02 Å². The first-order valence-corrected chi connectivity index (χ1v) is 8.01. The molecule has 1 heterocycles. The van der Waals surface area contributed by atoms with Crippen molar-refractivity contribution in [3.63, 3.8) is 0 Å². The van der Waals surface area contributed by atoms with Crippen molar-refractivity contribution < 1.29 is 5.11 Å². The molecule has 1 saturated heterocycles. The van der Waals surface area contributed by atoms with E-state index in [1.54, 1.807) is 0 Å². The van der Waals surface area contributed by atoms with Gasteiger partial charge in [0.1, 0.15) is 0 Å². The van der Waals surface area contributed by atoms with Gasteiger partial charge in [-0.15, -0.1) is 0 Å². The predicted octanol–water partition coefficient (Wildman–Crippen LogP) is 3.19. The summed E-state index contributed by atoms with van der Waals surface area (Å²) in [5.74, 6) is 0. The van der Waals surface area contributed by atoms with E-state index in [2.05, 4.69) is 16.3 Å². The standard InChI is InChI=1S/C16H25ClN2O/c1-2-13(20)8-9-18-12-14-15(17)6-5-7-16(14)19-10-3-4-11-19/h5-7,13,18,20H,2-4,8-12H2,1H3. The normalized spacial score (nSPS) is 16.6. The number of nitrogens with one attached hydrogen (secondary N) is 1. The number of rotatable bonds is 7. The summed E-state index contributed by atoms with van der Waals surface area (Å²) in [7, 11) is 0. The first-order valence-electron chi connectivity index (χ1n) is 7.63. The Balaban J connectivity index is 1.95. The van der Waals surface area contributed by atoms with Crippen LogP contribution in [0.4, 0.5) is 5.69 Å². The van der Waals surface area contributed by atoms with Gasteiger partial charge >= 0.3 is 0 Å². The monoisotopic (exact) mass is 296 g/mol. The Bertz CT molecular complexity index is 419. The zero-order chi connectivity index (χ0) is 14.4. The third-order valence-corrected chi connectivity index (χ3v) is 4.32. The van der Waals surface area contributed by atoms with Gasteiger partial charge < -0.3 is 15.3 Å². The maximum atomic E-state index is 9.56. The second-order valence-electron chi connectivity index (χ2n) is 5.46. The Morgan fingerprint density at radius 3 is 2.80 bits per heavy atom. The smallest absolute Gasteiger partial charge is 0.0549 e. The van der Waals surface area contributed by atoms with E-state index in [0.717, 1.165) is 44.0 Å². The van der Waals surface area contributed by atoms with Gasteiger partial charge in [-0.2, -0.15) is 0 Å². The highest BCUT2D eigenvalue weighted by atomic mass is 35.5. The van der Waals surface area contributed by atoms with Crippen molar-refractivity contribution in [1.82, 2.24) is 5.32 Å². The maximum Gasteiger partial charge on any atom is 0.0549 e. The highest BCUT2D eigenvalue weighted by Crippen LogP contribution is 2.29. The fourth-order valence-corrected chi connectivity index (χ4v) is 2.90. The number of aliphatic hydroxyl groups is 1. The number of benzene rings is 1. The van der Waals surface area contributed by atoms with Crippen molar-refractivity contribution in [2.45, 2.75) is 45.3 Å². The molecule has 0 spiro atoms. The summed E-state index contributed by atoms with van der Waals surface area (Å²) in [4.78, 5) is 2.42. The molecule has 3 nitrogen and oxygen atoms in total. The fraction of sp³-hybridized carbons (Fsp3) is 0.625. The third kappa shape index (κ3) is 4.11. The van der Waals surface area contributed by atoms with Crippen molar-refractivity contribution in [3.8, 4) is 0 Å². The summed E-state index contributed by atoms with van der Waals surface area (Å²) < 4.78 is 0. The van der Waals surface area contributed by atoms with E-state index in [1.807, 2.05) is 19.1 Å². The van der Waals surface area contributed by atoms with Crippen LogP contribution in [-0.4, -0.2) is 30.8 Å². The summed E-state index contributed by atoms with van der Waals surface area (Å²) in [6.45, 7) is 5.84. The second kappa shape index (κ2) is 7.87. The van der Waals surface area contributed by atoms with E-state index < -0.39 is 0 Å². The molecule has 20 heavy (non-hydrogen) atoms. The lowest BCUT2D eigenvalue weighted by Crippen LogP contribution is -2.23. The van der Waals surface area contributed by atoms with Crippen LogP contribution in [0.25, 0.3) is 0 Å². The molecule has 0 saturated carbocycles. The number of nitrogens with zero attached hydrogens (tertiary/aromatic N) is 1. The summed E-state index contributed by atoms with van der Waals surface area (Å²) in [5, 5.41) is 13.8. The number of halogens is 1. The van der Waals surface area contributed by atoms with Crippen molar-refractivity contribution >= 4 is 17.3 Å². The minimum absolute atomic E-state index is 0.202. The van der Waals surface area contributed by atoms with Gasteiger partial charge in [-0.05, 0) is 44.4 Å². The molecule has 2 rings (SSSR count). The summed E-state index contributed by atoms with van der Waals surface area (Å²) in [6, 6.07) is 6.15. The van der Waals surface area contributed by atoms with E-state index in [-0.39, 0.29) is 6.10 Å². The molecule has 0 bridgehead atoms. The Morgan fingerprint density at radius 2 is 2.10 bits per heavy atom. The molecule has 1 atom stereocenters. The maximum absolute atomic E-state index is 9.56. The van der Waals surface area contributed by atoms with Crippen molar-refractivity contribution in [2.24, 2.45) is 0 Å². The fourth-order valence-electron chi connectivity index (χ4n) is 2.66. The summed E-state index contributed by atoms with van der Waals surface area (Å²) >= 11 is 6.36. The molecule has 4 heteroatoms. The molecule has 1 aromatic rings. The molecule has 1 aliphatic rings. The quantitative estimate of drug-likeness (QED) is 0.759. The van der Waals surface area contributed by atoms with Crippen LogP contribution in [0.3, 0.4) is 0 Å². The van der Waals surface area contributed by atoms with E-state index in [1.165, 1.54) is 24.1 Å². The van der Waals surface area contributed by atoms with Crippen LogP contribution >= 0.6 is 11.6 Å². The molecule has 1 aliphatic heterocycles. The molecule has 0 aromatic heterocycles. The van der Waals surface area contributed by atoms with Crippen LogP contribution in [-0.2, 0) is 6.54 Å². The molecule has 1 aromatic carbocycles. The van der Waals surface area contributed by atoms with Gasteiger partial charge in [0.15, 0.2) is 0 Å². The highest BCUT2D eigenvalue weighted by Gasteiger charge is 2.17. The zero-order valence-electron chi connectivity index (χ0n) is 12.2. The van der Waals surface area contributed by atoms with Gasteiger partial charge in [-0.25, -0.2) is 0 Å². The van der Waals surface area contributed by atoms with Gasteiger partial charge in [-0.1, -0.05) is 24.6 Å². The lowest BCUT2D eigenvalue weighted by molar-refractivity contribution is 0.159. The van der Waals surface area contributed by atoms with E-state index in [4.69, 9.17) is 11.6 Å². The predicted molar refractivity (Wildman–Crippen MR) is 85.5 cm³/mol. The molecule has 1 fully saturated rings. The minimum atomic E-state index is -0.202. The van der Waals surface area contributed by atoms with Gasteiger partial charge in [0.2, 0.25) is 0 Å². The third-order valence-electron chi connectivity index (χ3n) is 3.97. The molecular weight excluding hydrogens is 272 g/mol. The second-order valence-corrected chi connectivity index (χ2v) is 5.87.